The molecule has 14 heavy (non-hydrogen) atoms. The van der Waals surface area contributed by atoms with E-state index in [1.807, 2.05) is 0 Å². The molecule has 1 aromatic carbocycles. The molecule has 0 unspecified atom stereocenters. The summed E-state index contributed by atoms with van der Waals surface area (Å²) in [4.78, 5) is 0. The highest BCUT2D eigenvalue weighted by molar-refractivity contribution is 9.10. The molecule has 0 nitrogen and oxygen atoms in total. The lowest BCUT2D eigenvalue weighted by Gasteiger charge is -2.11. The first kappa shape index (κ1) is 11.1. The molecule has 0 amide bonds. The predicted octanol–water partition coefficient (Wildman–Crippen LogP) is 3.64. The largest absolute Gasteiger partial charge is 0.416 e. The highest BCUT2D eigenvalue weighted by Gasteiger charge is 2.33. The maximum absolute atomic E-state index is 12.5. The monoisotopic (exact) mass is 262 g/mol. The summed E-state index contributed by atoms with van der Waals surface area (Å²) in [5.41, 5.74) is -0.548. The van der Waals surface area contributed by atoms with Crippen molar-refractivity contribution in [3.63, 3.8) is 0 Å². The van der Waals surface area contributed by atoms with Gasteiger partial charge in [0.2, 0.25) is 0 Å². The topological polar surface area (TPSA) is 0 Å². The smallest absolute Gasteiger partial charge is 0.166 e. The van der Waals surface area contributed by atoms with Gasteiger partial charge in [-0.2, -0.15) is 13.2 Å². The van der Waals surface area contributed by atoms with Crippen LogP contribution in [0, 0.1) is 12.3 Å². The lowest BCUT2D eigenvalue weighted by molar-refractivity contribution is -0.138. The summed E-state index contributed by atoms with van der Waals surface area (Å²) < 4.78 is 37.8. The second kappa shape index (κ2) is 4.05. The van der Waals surface area contributed by atoms with Crippen LogP contribution in [0.1, 0.15) is 11.1 Å². The first-order chi connectivity index (χ1) is 6.45. The molecule has 0 saturated carbocycles. The lowest BCUT2D eigenvalue weighted by atomic mass is 10.0. The summed E-state index contributed by atoms with van der Waals surface area (Å²) in [6.07, 6.45) is 0.619. The number of terminal acetylenes is 1. The lowest BCUT2D eigenvalue weighted by Crippen LogP contribution is -2.08. The van der Waals surface area contributed by atoms with Crippen LogP contribution >= 0.6 is 15.9 Å². The molecular formula is C10H6BrF3. The van der Waals surface area contributed by atoms with Crippen molar-refractivity contribution in [1.29, 1.82) is 0 Å². The van der Waals surface area contributed by atoms with E-state index in [4.69, 9.17) is 6.42 Å². The van der Waals surface area contributed by atoms with Crippen LogP contribution in [0.4, 0.5) is 13.2 Å². The van der Waals surface area contributed by atoms with E-state index in [1.54, 1.807) is 6.07 Å². The van der Waals surface area contributed by atoms with Gasteiger partial charge >= 0.3 is 6.18 Å². The third kappa shape index (κ3) is 2.52. The Morgan fingerprint density at radius 2 is 2.00 bits per heavy atom. The minimum Gasteiger partial charge on any atom is -0.166 e. The summed E-state index contributed by atoms with van der Waals surface area (Å²) in [7, 11) is 0. The molecule has 0 aliphatic carbocycles. The molecule has 0 atom stereocenters. The van der Waals surface area contributed by atoms with E-state index in [2.05, 4.69) is 21.9 Å². The van der Waals surface area contributed by atoms with Gasteiger partial charge in [-0.25, -0.2) is 0 Å². The molecule has 1 rings (SSSR count). The van der Waals surface area contributed by atoms with Crippen molar-refractivity contribution in [3.05, 3.63) is 33.8 Å². The first-order valence-corrected chi connectivity index (χ1v) is 4.53. The van der Waals surface area contributed by atoms with E-state index < -0.39 is 11.7 Å². The third-order valence-corrected chi connectivity index (χ3v) is 2.16. The van der Waals surface area contributed by atoms with E-state index in [0.29, 0.717) is 4.47 Å². The van der Waals surface area contributed by atoms with Crippen molar-refractivity contribution in [2.75, 3.05) is 0 Å². The average molecular weight is 263 g/mol. The van der Waals surface area contributed by atoms with Gasteiger partial charge in [0.25, 0.3) is 0 Å². The molecule has 0 spiro atoms. The molecule has 0 fully saturated rings. The van der Waals surface area contributed by atoms with Gasteiger partial charge in [0.15, 0.2) is 0 Å². The summed E-state index contributed by atoms with van der Waals surface area (Å²) in [5, 5.41) is 0. The Kier molecular flexibility index (Phi) is 3.22. The van der Waals surface area contributed by atoms with Crippen LogP contribution in [0.25, 0.3) is 0 Å². The zero-order chi connectivity index (χ0) is 10.8. The van der Waals surface area contributed by atoms with Gasteiger partial charge in [-0.05, 0) is 17.7 Å². The molecule has 74 valence electrons. The summed E-state index contributed by atoms with van der Waals surface area (Å²) in [6.45, 7) is 0. The van der Waals surface area contributed by atoms with Crippen molar-refractivity contribution in [1.82, 2.24) is 0 Å². The fraction of sp³-hybridized carbons (Fsp3) is 0.200. The Labute approximate surface area is 88.3 Å². The molecule has 0 radical (unpaired) electrons. The molecule has 0 heterocycles. The maximum atomic E-state index is 12.5. The fourth-order valence-corrected chi connectivity index (χ4v) is 1.44. The molecule has 0 N–H and O–H groups in total. The molecule has 4 heteroatoms. The molecule has 0 aliphatic rings. The van der Waals surface area contributed by atoms with Crippen LogP contribution in [0.15, 0.2) is 22.7 Å². The standard InChI is InChI=1S/C10H6BrF3/c1-2-3-7-4-5-8(11)6-9(7)10(12,13)14/h1,4-6H,3H2. The van der Waals surface area contributed by atoms with Crippen molar-refractivity contribution in [3.8, 4) is 12.3 Å². The SMILES string of the molecule is C#CCc1ccc(Br)cc1C(F)(F)F. The van der Waals surface area contributed by atoms with Crippen molar-refractivity contribution >= 4 is 15.9 Å². The van der Waals surface area contributed by atoms with Crippen molar-refractivity contribution in [2.24, 2.45) is 0 Å². The van der Waals surface area contributed by atoms with Crippen molar-refractivity contribution in [2.45, 2.75) is 12.6 Å². The second-order valence-corrected chi connectivity index (χ2v) is 3.60. The van der Waals surface area contributed by atoms with E-state index in [-0.39, 0.29) is 12.0 Å². The molecule has 0 saturated heterocycles. The normalized spacial score (nSPS) is 11.1. The van der Waals surface area contributed by atoms with E-state index in [9.17, 15) is 13.2 Å². The van der Waals surface area contributed by atoms with Crippen LogP contribution < -0.4 is 0 Å². The summed E-state index contributed by atoms with van der Waals surface area (Å²) in [6, 6.07) is 3.96. The van der Waals surface area contributed by atoms with E-state index in [1.165, 1.54) is 6.07 Å². The van der Waals surface area contributed by atoms with Crippen molar-refractivity contribution < 1.29 is 13.2 Å². The highest BCUT2D eigenvalue weighted by atomic mass is 79.9. The average Bonchev–Trinajstić information content (AvgIpc) is 2.07. The van der Waals surface area contributed by atoms with Crippen LogP contribution in [0.5, 0.6) is 0 Å². The minimum absolute atomic E-state index is 0.0118. The van der Waals surface area contributed by atoms with Crippen LogP contribution in [-0.2, 0) is 12.6 Å². The second-order valence-electron chi connectivity index (χ2n) is 2.68. The number of benzene rings is 1. The first-order valence-electron chi connectivity index (χ1n) is 3.74. The Balaban J connectivity index is 3.24. The van der Waals surface area contributed by atoms with Gasteiger partial charge < -0.3 is 0 Å². The maximum Gasteiger partial charge on any atom is 0.416 e. The minimum atomic E-state index is -4.35. The number of halogens is 4. The van der Waals surface area contributed by atoms with Crippen LogP contribution in [0.3, 0.4) is 0 Å². The fourth-order valence-electron chi connectivity index (χ4n) is 1.08. The highest BCUT2D eigenvalue weighted by Crippen LogP contribution is 2.33. The molecule has 0 aliphatic heterocycles. The van der Waals surface area contributed by atoms with Gasteiger partial charge in [-0.1, -0.05) is 22.0 Å². The molecule has 1 aromatic rings. The third-order valence-electron chi connectivity index (χ3n) is 1.67. The summed E-state index contributed by atoms with van der Waals surface area (Å²) >= 11 is 2.99. The Bertz CT molecular complexity index is 374. The quantitative estimate of drug-likeness (QED) is 0.678. The van der Waals surface area contributed by atoms with Gasteiger partial charge in [0.1, 0.15) is 0 Å². The molecule has 0 aromatic heterocycles. The van der Waals surface area contributed by atoms with E-state index >= 15 is 0 Å². The van der Waals surface area contributed by atoms with Crippen LogP contribution in [0.2, 0.25) is 0 Å². The van der Waals surface area contributed by atoms with E-state index in [0.717, 1.165) is 6.07 Å². The Morgan fingerprint density at radius 1 is 1.36 bits per heavy atom. The number of rotatable bonds is 1. The Morgan fingerprint density at radius 3 is 2.50 bits per heavy atom. The Hall–Kier alpha value is -0.950. The summed E-state index contributed by atoms with van der Waals surface area (Å²) in [5.74, 6) is 2.20. The van der Waals surface area contributed by atoms with Gasteiger partial charge in [0.05, 0.1) is 5.56 Å². The van der Waals surface area contributed by atoms with Gasteiger partial charge in [0, 0.05) is 10.9 Å². The van der Waals surface area contributed by atoms with Gasteiger partial charge in [-0.15, -0.1) is 12.3 Å². The number of hydrogen-bond donors (Lipinski definition) is 0. The predicted molar refractivity (Wildman–Crippen MR) is 51.7 cm³/mol. The number of hydrogen-bond acceptors (Lipinski definition) is 0. The van der Waals surface area contributed by atoms with Gasteiger partial charge in [-0.3, -0.25) is 0 Å². The molecular weight excluding hydrogens is 257 g/mol. The zero-order valence-electron chi connectivity index (χ0n) is 7.03. The molecule has 0 bridgehead atoms. The van der Waals surface area contributed by atoms with Crippen LogP contribution in [-0.4, -0.2) is 0 Å². The number of alkyl halides is 3. The zero-order valence-corrected chi connectivity index (χ0v) is 8.61.